The Morgan fingerprint density at radius 2 is 1.92 bits per heavy atom. The molecule has 124 valence electrons. The van der Waals surface area contributed by atoms with Crippen molar-refractivity contribution in [3.8, 4) is 0 Å². The molecule has 0 aromatic heterocycles. The Kier molecular flexibility index (Phi) is 5.59. The van der Waals surface area contributed by atoms with E-state index >= 15 is 0 Å². The van der Waals surface area contributed by atoms with Gasteiger partial charge in [-0.3, -0.25) is 14.9 Å². The summed E-state index contributed by atoms with van der Waals surface area (Å²) in [4.78, 5) is 22.4. The van der Waals surface area contributed by atoms with E-state index in [0.29, 0.717) is 27.4 Å². The van der Waals surface area contributed by atoms with E-state index in [1.54, 1.807) is 24.3 Å². The largest absolute Gasteiger partial charge is 0.324 e. The van der Waals surface area contributed by atoms with Crippen LogP contribution in [0.25, 0.3) is 5.57 Å². The molecule has 1 N–H and O–H groups in total. The number of benzene rings is 2. The standard InChI is InChI=1S/C17H14Cl2N2O3/c1-10(13-5-3-4-6-15(13)19)14-9-12(21(23)24)7-8-16(14)20-17(22)11(2)18/h3-9,11H,1H2,2H3,(H,20,22). The van der Waals surface area contributed by atoms with Crippen LogP contribution in [0.2, 0.25) is 5.02 Å². The van der Waals surface area contributed by atoms with Crippen molar-refractivity contribution in [2.45, 2.75) is 12.3 Å². The molecule has 0 aliphatic heterocycles. The Labute approximate surface area is 149 Å². The van der Waals surface area contributed by atoms with Crippen LogP contribution in [0, 0.1) is 10.1 Å². The summed E-state index contributed by atoms with van der Waals surface area (Å²) in [5.41, 5.74) is 1.75. The molecule has 0 aliphatic rings. The van der Waals surface area contributed by atoms with Crippen LogP contribution in [0.4, 0.5) is 11.4 Å². The first-order chi connectivity index (χ1) is 11.3. The second-order valence-corrected chi connectivity index (χ2v) is 6.11. The zero-order valence-electron chi connectivity index (χ0n) is 12.8. The van der Waals surface area contributed by atoms with Crippen LogP contribution < -0.4 is 5.32 Å². The zero-order chi connectivity index (χ0) is 17.9. The van der Waals surface area contributed by atoms with Crippen LogP contribution in [-0.2, 0) is 4.79 Å². The molecule has 5 nitrogen and oxygen atoms in total. The summed E-state index contributed by atoms with van der Waals surface area (Å²) in [5.74, 6) is -0.418. The average molecular weight is 365 g/mol. The molecular weight excluding hydrogens is 351 g/mol. The number of nitro groups is 1. The Balaban J connectivity index is 2.54. The summed E-state index contributed by atoms with van der Waals surface area (Å²) in [6.07, 6.45) is 0. The highest BCUT2D eigenvalue weighted by molar-refractivity contribution is 6.33. The van der Waals surface area contributed by atoms with Crippen molar-refractivity contribution in [1.29, 1.82) is 0 Å². The number of hydrogen-bond donors (Lipinski definition) is 1. The molecule has 0 bridgehead atoms. The van der Waals surface area contributed by atoms with Gasteiger partial charge in [-0.2, -0.15) is 0 Å². The molecule has 2 aromatic carbocycles. The molecule has 7 heteroatoms. The van der Waals surface area contributed by atoms with Gasteiger partial charge in [0.1, 0.15) is 5.38 Å². The number of nitrogens with one attached hydrogen (secondary N) is 1. The second-order valence-electron chi connectivity index (χ2n) is 5.05. The Morgan fingerprint density at radius 3 is 2.50 bits per heavy atom. The van der Waals surface area contributed by atoms with Gasteiger partial charge in [-0.15, -0.1) is 11.6 Å². The zero-order valence-corrected chi connectivity index (χ0v) is 14.3. The predicted molar refractivity (Wildman–Crippen MR) is 96.6 cm³/mol. The van der Waals surface area contributed by atoms with Gasteiger partial charge in [-0.1, -0.05) is 36.4 Å². The SMILES string of the molecule is C=C(c1ccccc1Cl)c1cc([N+](=O)[O-])ccc1NC(=O)C(C)Cl. The number of nitrogens with zero attached hydrogens (tertiary/aromatic N) is 1. The lowest BCUT2D eigenvalue weighted by molar-refractivity contribution is -0.384. The number of nitro benzene ring substituents is 1. The van der Waals surface area contributed by atoms with Gasteiger partial charge >= 0.3 is 0 Å². The molecule has 0 spiro atoms. The molecule has 1 unspecified atom stereocenters. The highest BCUT2D eigenvalue weighted by atomic mass is 35.5. The van der Waals surface area contributed by atoms with Crippen LogP contribution in [-0.4, -0.2) is 16.2 Å². The highest BCUT2D eigenvalue weighted by Gasteiger charge is 2.18. The summed E-state index contributed by atoms with van der Waals surface area (Å²) in [5, 5.41) is 13.4. The minimum atomic E-state index is -0.748. The molecule has 0 heterocycles. The fourth-order valence-corrected chi connectivity index (χ4v) is 2.39. The Hall–Kier alpha value is -2.37. The maximum Gasteiger partial charge on any atom is 0.270 e. The van der Waals surface area contributed by atoms with Gasteiger partial charge in [0.2, 0.25) is 5.91 Å². The van der Waals surface area contributed by atoms with Gasteiger partial charge in [0, 0.05) is 34.0 Å². The van der Waals surface area contributed by atoms with Crippen molar-refractivity contribution in [1.82, 2.24) is 0 Å². The molecule has 0 saturated heterocycles. The lowest BCUT2D eigenvalue weighted by Gasteiger charge is -2.15. The lowest BCUT2D eigenvalue weighted by Crippen LogP contribution is -2.21. The quantitative estimate of drug-likeness (QED) is 0.467. The molecule has 1 amide bonds. The number of amides is 1. The third-order valence-corrected chi connectivity index (χ3v) is 3.89. The Bertz CT molecular complexity index is 819. The highest BCUT2D eigenvalue weighted by Crippen LogP contribution is 2.34. The van der Waals surface area contributed by atoms with Crippen LogP contribution in [0.3, 0.4) is 0 Å². The summed E-state index contributed by atoms with van der Waals surface area (Å²) < 4.78 is 0. The Morgan fingerprint density at radius 1 is 1.25 bits per heavy atom. The fourth-order valence-electron chi connectivity index (χ4n) is 2.09. The van der Waals surface area contributed by atoms with Crippen LogP contribution in [0.1, 0.15) is 18.1 Å². The lowest BCUT2D eigenvalue weighted by atomic mass is 9.97. The third kappa shape index (κ3) is 3.93. The van der Waals surface area contributed by atoms with Crippen molar-refractivity contribution >= 4 is 46.1 Å². The summed E-state index contributed by atoms with van der Waals surface area (Å²) in [6, 6.07) is 11.1. The van der Waals surface area contributed by atoms with E-state index < -0.39 is 16.2 Å². The number of carbonyl (C=O) groups is 1. The van der Waals surface area contributed by atoms with Crippen LogP contribution >= 0.6 is 23.2 Å². The normalized spacial score (nSPS) is 11.6. The molecular formula is C17H14Cl2N2O3. The van der Waals surface area contributed by atoms with Crippen molar-refractivity contribution < 1.29 is 9.72 Å². The second kappa shape index (κ2) is 7.47. The van der Waals surface area contributed by atoms with Gasteiger partial charge in [-0.05, 0) is 24.6 Å². The van der Waals surface area contributed by atoms with E-state index in [0.717, 1.165) is 0 Å². The maximum absolute atomic E-state index is 11.9. The third-order valence-electron chi connectivity index (χ3n) is 3.36. The van der Waals surface area contributed by atoms with Gasteiger partial charge in [0.15, 0.2) is 0 Å². The number of carbonyl (C=O) groups excluding carboxylic acids is 1. The molecule has 0 aliphatic carbocycles. The molecule has 2 rings (SSSR count). The number of hydrogen-bond acceptors (Lipinski definition) is 3. The van der Waals surface area contributed by atoms with Gasteiger partial charge < -0.3 is 5.32 Å². The molecule has 2 aromatic rings. The van der Waals surface area contributed by atoms with Crippen molar-refractivity contribution in [3.05, 3.63) is 75.3 Å². The van der Waals surface area contributed by atoms with Crippen molar-refractivity contribution in [2.24, 2.45) is 0 Å². The van der Waals surface area contributed by atoms with Crippen molar-refractivity contribution in [2.75, 3.05) is 5.32 Å². The minimum Gasteiger partial charge on any atom is -0.324 e. The fraction of sp³-hybridized carbons (Fsp3) is 0.118. The van der Waals surface area contributed by atoms with E-state index in [1.807, 2.05) is 0 Å². The number of anilines is 1. The molecule has 1 atom stereocenters. The van der Waals surface area contributed by atoms with E-state index in [9.17, 15) is 14.9 Å². The van der Waals surface area contributed by atoms with E-state index in [2.05, 4.69) is 11.9 Å². The number of alkyl halides is 1. The predicted octanol–water partition coefficient (Wildman–Crippen LogP) is 4.88. The topological polar surface area (TPSA) is 72.2 Å². The first kappa shape index (κ1) is 18.0. The first-order valence-electron chi connectivity index (χ1n) is 6.99. The van der Waals surface area contributed by atoms with Gasteiger partial charge in [0.05, 0.1) is 4.92 Å². The van der Waals surface area contributed by atoms with E-state index in [1.165, 1.54) is 25.1 Å². The number of rotatable bonds is 5. The molecule has 0 saturated carbocycles. The van der Waals surface area contributed by atoms with Crippen molar-refractivity contribution in [3.63, 3.8) is 0 Å². The van der Waals surface area contributed by atoms with Crippen LogP contribution in [0.15, 0.2) is 49.0 Å². The van der Waals surface area contributed by atoms with E-state index in [-0.39, 0.29) is 5.69 Å². The van der Waals surface area contributed by atoms with Gasteiger partial charge in [-0.25, -0.2) is 0 Å². The summed E-state index contributed by atoms with van der Waals surface area (Å²) in [6.45, 7) is 5.51. The number of non-ortho nitro benzene ring substituents is 1. The van der Waals surface area contributed by atoms with Gasteiger partial charge in [0.25, 0.3) is 5.69 Å². The maximum atomic E-state index is 11.9. The average Bonchev–Trinajstić information content (AvgIpc) is 2.54. The summed E-state index contributed by atoms with van der Waals surface area (Å²) >= 11 is 11.9. The molecule has 0 radical (unpaired) electrons. The van der Waals surface area contributed by atoms with E-state index in [4.69, 9.17) is 23.2 Å². The smallest absolute Gasteiger partial charge is 0.270 e. The minimum absolute atomic E-state index is 0.116. The number of halogens is 2. The molecule has 0 fully saturated rings. The first-order valence-corrected chi connectivity index (χ1v) is 7.80. The van der Waals surface area contributed by atoms with Crippen LogP contribution in [0.5, 0.6) is 0 Å². The monoisotopic (exact) mass is 364 g/mol. The summed E-state index contributed by atoms with van der Waals surface area (Å²) in [7, 11) is 0. The molecule has 24 heavy (non-hydrogen) atoms.